The van der Waals surface area contributed by atoms with Crippen molar-refractivity contribution < 1.29 is 14.3 Å². The van der Waals surface area contributed by atoms with Crippen LogP contribution in [0.3, 0.4) is 0 Å². The van der Waals surface area contributed by atoms with E-state index in [1.54, 1.807) is 0 Å². The average molecular weight is 430 g/mol. The predicted octanol–water partition coefficient (Wildman–Crippen LogP) is 5.30. The monoisotopic (exact) mass is 429 g/mol. The molecular formula is C26H23NO3S. The van der Waals surface area contributed by atoms with E-state index in [0.29, 0.717) is 22.8 Å². The molecule has 4 rings (SSSR count). The van der Waals surface area contributed by atoms with E-state index in [0.717, 1.165) is 22.4 Å². The molecule has 4 nitrogen and oxygen atoms in total. The third kappa shape index (κ3) is 4.72. The van der Waals surface area contributed by atoms with Crippen molar-refractivity contribution in [3.05, 3.63) is 107 Å². The van der Waals surface area contributed by atoms with Crippen molar-refractivity contribution >= 4 is 29.1 Å². The van der Waals surface area contributed by atoms with Crippen molar-refractivity contribution in [2.24, 2.45) is 0 Å². The topological polar surface area (TPSA) is 46.6 Å². The first-order valence-corrected chi connectivity index (χ1v) is 11.2. The van der Waals surface area contributed by atoms with Gasteiger partial charge in [0.25, 0.3) is 11.8 Å². The summed E-state index contributed by atoms with van der Waals surface area (Å²) in [6, 6.07) is 26.9. The van der Waals surface area contributed by atoms with Crippen LogP contribution in [0.25, 0.3) is 5.57 Å². The molecule has 0 atom stereocenters. The summed E-state index contributed by atoms with van der Waals surface area (Å²) in [5.74, 6) is 0.866. The van der Waals surface area contributed by atoms with E-state index in [1.807, 2.05) is 91.9 Å². The molecule has 0 unspecified atom stereocenters. The zero-order chi connectivity index (χ0) is 21.6. The third-order valence-corrected chi connectivity index (χ3v) is 6.13. The van der Waals surface area contributed by atoms with E-state index in [2.05, 4.69) is 0 Å². The molecule has 0 fully saturated rings. The van der Waals surface area contributed by atoms with Crippen molar-refractivity contribution in [2.45, 2.75) is 19.2 Å². The minimum Gasteiger partial charge on any atom is -0.494 e. The average Bonchev–Trinajstić information content (AvgIpc) is 3.04. The Hall–Kier alpha value is -3.31. The lowest BCUT2D eigenvalue weighted by Crippen LogP contribution is -2.30. The van der Waals surface area contributed by atoms with Crippen LogP contribution in [0.15, 0.2) is 89.8 Å². The molecule has 0 radical (unpaired) electrons. The lowest BCUT2D eigenvalue weighted by atomic mass is 10.1. The molecule has 31 heavy (non-hydrogen) atoms. The van der Waals surface area contributed by atoms with Gasteiger partial charge in [0, 0.05) is 5.75 Å². The molecule has 0 N–H and O–H groups in total. The highest BCUT2D eigenvalue weighted by Gasteiger charge is 2.39. The molecule has 2 amide bonds. The van der Waals surface area contributed by atoms with Crippen LogP contribution in [0.4, 0.5) is 0 Å². The van der Waals surface area contributed by atoms with Crippen molar-refractivity contribution in [1.82, 2.24) is 4.90 Å². The molecule has 1 aliphatic rings. The van der Waals surface area contributed by atoms with Gasteiger partial charge in [-0.05, 0) is 35.7 Å². The molecular weight excluding hydrogens is 406 g/mol. The number of imide groups is 1. The van der Waals surface area contributed by atoms with E-state index in [1.165, 1.54) is 16.7 Å². The number of rotatable bonds is 8. The summed E-state index contributed by atoms with van der Waals surface area (Å²) in [5.41, 5.74) is 3.22. The first-order valence-electron chi connectivity index (χ1n) is 10.2. The Morgan fingerprint density at radius 1 is 0.774 bits per heavy atom. The number of ether oxygens (including phenoxy) is 1. The number of benzene rings is 3. The van der Waals surface area contributed by atoms with Gasteiger partial charge >= 0.3 is 0 Å². The molecule has 0 aliphatic carbocycles. The second kappa shape index (κ2) is 9.67. The molecule has 3 aromatic rings. The summed E-state index contributed by atoms with van der Waals surface area (Å²) >= 11 is 1.42. The third-order valence-electron chi connectivity index (χ3n) is 4.99. The second-order valence-corrected chi connectivity index (χ2v) is 8.10. The largest absolute Gasteiger partial charge is 0.494 e. The molecule has 0 spiro atoms. The van der Waals surface area contributed by atoms with E-state index < -0.39 is 0 Å². The van der Waals surface area contributed by atoms with Crippen LogP contribution in [-0.2, 0) is 21.9 Å². The van der Waals surface area contributed by atoms with E-state index >= 15 is 0 Å². The number of nitrogens with zero attached hydrogens (tertiary/aromatic N) is 1. The molecule has 5 heteroatoms. The summed E-state index contributed by atoms with van der Waals surface area (Å²) in [5, 5.41) is 0. The van der Waals surface area contributed by atoms with Gasteiger partial charge in [0.15, 0.2) is 0 Å². The number of thioether (sulfide) groups is 1. The van der Waals surface area contributed by atoms with Gasteiger partial charge in [-0.3, -0.25) is 14.5 Å². The molecule has 1 aliphatic heterocycles. The molecule has 3 aromatic carbocycles. The molecule has 0 saturated carbocycles. The van der Waals surface area contributed by atoms with Gasteiger partial charge in [-0.2, -0.15) is 0 Å². The van der Waals surface area contributed by atoms with Crippen LogP contribution in [0, 0.1) is 0 Å². The number of hydrogen-bond donors (Lipinski definition) is 0. The molecule has 0 bridgehead atoms. The Bertz CT molecular complexity index is 1090. The fraction of sp³-hybridized carbons (Fsp3) is 0.154. The SMILES string of the molecule is CCOc1ccc(C2=C(SCc3ccccc3)C(=O)N(Cc3ccccc3)C2=O)cc1. The first kappa shape index (κ1) is 20.9. The predicted molar refractivity (Wildman–Crippen MR) is 124 cm³/mol. The summed E-state index contributed by atoms with van der Waals surface area (Å²) in [6.45, 7) is 2.76. The summed E-state index contributed by atoms with van der Waals surface area (Å²) < 4.78 is 5.52. The highest BCUT2D eigenvalue weighted by atomic mass is 32.2. The normalized spacial score (nSPS) is 13.8. The number of carbonyl (C=O) groups is 2. The van der Waals surface area contributed by atoms with Crippen molar-refractivity contribution in [3.8, 4) is 5.75 Å². The molecule has 0 saturated heterocycles. The lowest BCUT2D eigenvalue weighted by Gasteiger charge is -2.15. The van der Waals surface area contributed by atoms with E-state index in [9.17, 15) is 9.59 Å². The van der Waals surface area contributed by atoms with Gasteiger partial charge < -0.3 is 4.74 Å². The van der Waals surface area contributed by atoms with Crippen molar-refractivity contribution in [2.75, 3.05) is 6.61 Å². The highest BCUT2D eigenvalue weighted by Crippen LogP contribution is 2.38. The molecule has 156 valence electrons. The number of amides is 2. The highest BCUT2D eigenvalue weighted by molar-refractivity contribution is 8.03. The maximum atomic E-state index is 13.4. The van der Waals surface area contributed by atoms with Crippen LogP contribution < -0.4 is 4.74 Å². The van der Waals surface area contributed by atoms with Gasteiger partial charge in [0.05, 0.1) is 23.6 Å². The first-order chi connectivity index (χ1) is 15.2. The Kier molecular flexibility index (Phi) is 6.53. The van der Waals surface area contributed by atoms with Crippen LogP contribution in [0.5, 0.6) is 5.75 Å². The minimum atomic E-state index is -0.256. The lowest BCUT2D eigenvalue weighted by molar-refractivity contribution is -0.137. The van der Waals surface area contributed by atoms with Gasteiger partial charge in [-0.25, -0.2) is 0 Å². The molecule has 1 heterocycles. The Morgan fingerprint density at radius 2 is 1.39 bits per heavy atom. The summed E-state index contributed by atoms with van der Waals surface area (Å²) in [6.07, 6.45) is 0. The second-order valence-electron chi connectivity index (χ2n) is 7.12. The van der Waals surface area contributed by atoms with Gasteiger partial charge in [-0.15, -0.1) is 11.8 Å². The Morgan fingerprint density at radius 3 is 2.00 bits per heavy atom. The van der Waals surface area contributed by atoms with Gasteiger partial charge in [0.1, 0.15) is 5.75 Å². The number of hydrogen-bond acceptors (Lipinski definition) is 4. The smallest absolute Gasteiger partial charge is 0.268 e. The quantitative estimate of drug-likeness (QED) is 0.456. The van der Waals surface area contributed by atoms with E-state index in [-0.39, 0.29) is 18.4 Å². The van der Waals surface area contributed by atoms with Crippen LogP contribution >= 0.6 is 11.8 Å². The number of carbonyl (C=O) groups excluding carboxylic acids is 2. The van der Waals surface area contributed by atoms with E-state index in [4.69, 9.17) is 4.74 Å². The van der Waals surface area contributed by atoms with Gasteiger partial charge in [0.2, 0.25) is 0 Å². The maximum absolute atomic E-state index is 13.4. The summed E-state index contributed by atoms with van der Waals surface area (Å²) in [7, 11) is 0. The van der Waals surface area contributed by atoms with Gasteiger partial charge in [-0.1, -0.05) is 72.8 Å². The minimum absolute atomic E-state index is 0.237. The maximum Gasteiger partial charge on any atom is 0.268 e. The van der Waals surface area contributed by atoms with Crippen LogP contribution in [0.2, 0.25) is 0 Å². The fourth-order valence-electron chi connectivity index (χ4n) is 3.47. The summed E-state index contributed by atoms with van der Waals surface area (Å²) in [4.78, 5) is 28.5. The fourth-order valence-corrected chi connectivity index (χ4v) is 4.55. The zero-order valence-electron chi connectivity index (χ0n) is 17.3. The molecule has 0 aromatic heterocycles. The zero-order valence-corrected chi connectivity index (χ0v) is 18.1. The van der Waals surface area contributed by atoms with Crippen molar-refractivity contribution in [1.29, 1.82) is 0 Å². The Labute approximate surface area is 186 Å². The van der Waals surface area contributed by atoms with Crippen LogP contribution in [0.1, 0.15) is 23.6 Å². The van der Waals surface area contributed by atoms with Crippen molar-refractivity contribution in [3.63, 3.8) is 0 Å². The standard InChI is InChI=1S/C26H23NO3S/c1-2-30-22-15-13-21(14-16-22)23-24(31-18-20-11-7-4-8-12-20)26(29)27(25(23)28)17-19-9-5-3-6-10-19/h3-16H,2,17-18H2,1H3. The van der Waals surface area contributed by atoms with Crippen LogP contribution in [-0.4, -0.2) is 23.3 Å². The Balaban J connectivity index is 1.66.